The van der Waals surface area contributed by atoms with Crippen LogP contribution in [0.15, 0.2) is 18.2 Å². The van der Waals surface area contributed by atoms with Gasteiger partial charge in [0.1, 0.15) is 6.04 Å². The lowest BCUT2D eigenvalue weighted by Gasteiger charge is -2.27. The van der Waals surface area contributed by atoms with Gasteiger partial charge in [0.15, 0.2) is 0 Å². The highest BCUT2D eigenvalue weighted by molar-refractivity contribution is 6.23. The van der Waals surface area contributed by atoms with Crippen molar-refractivity contribution >= 4 is 29.3 Å². The van der Waals surface area contributed by atoms with E-state index in [1.54, 1.807) is 18.2 Å². The number of carbonyl (C=O) groups is 4. The molecule has 9 heteroatoms. The van der Waals surface area contributed by atoms with Gasteiger partial charge in [0.2, 0.25) is 11.8 Å². The number of hydrogen-bond donors (Lipinski definition) is 3. The number of fused-ring (bicyclic) bond motifs is 1. The van der Waals surface area contributed by atoms with E-state index in [0.717, 1.165) is 30.2 Å². The maximum atomic E-state index is 12.8. The Kier molecular flexibility index (Phi) is 5.10. The lowest BCUT2D eigenvalue weighted by atomic mass is 10.0. The Hall–Kier alpha value is -2.78. The van der Waals surface area contributed by atoms with E-state index >= 15 is 0 Å². The van der Waals surface area contributed by atoms with Crippen molar-refractivity contribution in [2.45, 2.75) is 31.3 Å². The molecule has 3 aliphatic rings. The molecule has 1 aromatic rings. The molecule has 0 radical (unpaired) electrons. The molecular formula is C19H22N4O5. The Morgan fingerprint density at radius 1 is 1.14 bits per heavy atom. The minimum Gasteiger partial charge on any atom is -0.385 e. The maximum Gasteiger partial charge on any atom is 0.262 e. The Balaban J connectivity index is 1.43. The predicted molar refractivity (Wildman–Crippen MR) is 98.8 cm³/mol. The molecule has 148 valence electrons. The molecule has 2 unspecified atom stereocenters. The van der Waals surface area contributed by atoms with Crippen LogP contribution in [-0.4, -0.2) is 66.9 Å². The van der Waals surface area contributed by atoms with E-state index < -0.39 is 23.8 Å². The third-order valence-electron chi connectivity index (χ3n) is 5.26. The molecule has 2 saturated heterocycles. The highest BCUT2D eigenvalue weighted by Gasteiger charge is 2.44. The number of anilines is 1. The van der Waals surface area contributed by atoms with Gasteiger partial charge in [-0.1, -0.05) is 0 Å². The molecule has 0 aliphatic carbocycles. The highest BCUT2D eigenvalue weighted by Crippen LogP contribution is 2.29. The summed E-state index contributed by atoms with van der Waals surface area (Å²) in [5.74, 6) is -1.99. The lowest BCUT2D eigenvalue weighted by molar-refractivity contribution is -0.136. The van der Waals surface area contributed by atoms with Gasteiger partial charge in [-0.15, -0.1) is 0 Å². The average Bonchev–Trinajstić information content (AvgIpc) is 2.93. The SMILES string of the molecule is O=C1CCC(N2C(=O)c3ccc(NCCC4COCCN4)cc3C2=O)C(=O)N1. The first kappa shape index (κ1) is 18.6. The number of amides is 4. The number of ether oxygens (including phenoxy) is 1. The number of carbonyl (C=O) groups excluding carboxylic acids is 4. The molecule has 9 nitrogen and oxygen atoms in total. The summed E-state index contributed by atoms with van der Waals surface area (Å²) in [6.45, 7) is 2.95. The van der Waals surface area contributed by atoms with E-state index in [0.29, 0.717) is 19.2 Å². The molecule has 4 amide bonds. The van der Waals surface area contributed by atoms with Gasteiger partial charge < -0.3 is 15.4 Å². The van der Waals surface area contributed by atoms with Crippen LogP contribution in [-0.2, 0) is 14.3 Å². The zero-order valence-corrected chi connectivity index (χ0v) is 15.3. The maximum absolute atomic E-state index is 12.8. The van der Waals surface area contributed by atoms with Gasteiger partial charge >= 0.3 is 0 Å². The van der Waals surface area contributed by atoms with Gasteiger partial charge in [0.05, 0.1) is 24.3 Å². The molecule has 28 heavy (non-hydrogen) atoms. The van der Waals surface area contributed by atoms with Crippen LogP contribution in [0.5, 0.6) is 0 Å². The third kappa shape index (κ3) is 3.50. The first-order chi connectivity index (χ1) is 13.5. The Labute approximate surface area is 161 Å². The van der Waals surface area contributed by atoms with Crippen molar-refractivity contribution < 1.29 is 23.9 Å². The Bertz CT molecular complexity index is 834. The number of morpholine rings is 1. The Morgan fingerprint density at radius 3 is 2.71 bits per heavy atom. The van der Waals surface area contributed by atoms with Crippen molar-refractivity contribution in [1.29, 1.82) is 0 Å². The average molecular weight is 386 g/mol. The second-order valence-electron chi connectivity index (χ2n) is 7.15. The molecule has 0 spiro atoms. The van der Waals surface area contributed by atoms with Crippen molar-refractivity contribution in [3.63, 3.8) is 0 Å². The quantitative estimate of drug-likeness (QED) is 0.604. The summed E-state index contributed by atoms with van der Waals surface area (Å²) in [4.78, 5) is 49.8. The molecule has 4 rings (SSSR count). The number of hydrogen-bond acceptors (Lipinski definition) is 7. The summed E-state index contributed by atoms with van der Waals surface area (Å²) >= 11 is 0. The third-order valence-corrected chi connectivity index (χ3v) is 5.26. The number of nitrogens with one attached hydrogen (secondary N) is 3. The van der Waals surface area contributed by atoms with E-state index in [2.05, 4.69) is 16.0 Å². The van der Waals surface area contributed by atoms with Crippen LogP contribution < -0.4 is 16.0 Å². The normalized spacial score (nSPS) is 24.9. The summed E-state index contributed by atoms with van der Waals surface area (Å²) in [7, 11) is 0. The Morgan fingerprint density at radius 2 is 1.96 bits per heavy atom. The molecular weight excluding hydrogens is 364 g/mol. The smallest absolute Gasteiger partial charge is 0.262 e. The molecule has 0 saturated carbocycles. The molecule has 0 bridgehead atoms. The molecule has 0 aromatic heterocycles. The van der Waals surface area contributed by atoms with Crippen molar-refractivity contribution in [3.05, 3.63) is 29.3 Å². The van der Waals surface area contributed by atoms with E-state index in [9.17, 15) is 19.2 Å². The predicted octanol–water partition coefficient (Wildman–Crippen LogP) is -0.122. The van der Waals surface area contributed by atoms with Gasteiger partial charge in [0.25, 0.3) is 11.8 Å². The summed E-state index contributed by atoms with van der Waals surface area (Å²) in [5, 5.41) is 8.83. The zero-order chi connectivity index (χ0) is 19.7. The largest absolute Gasteiger partial charge is 0.385 e. The summed E-state index contributed by atoms with van der Waals surface area (Å²) in [5.41, 5.74) is 1.29. The van der Waals surface area contributed by atoms with Crippen molar-refractivity contribution in [2.24, 2.45) is 0 Å². The van der Waals surface area contributed by atoms with Crippen LogP contribution in [0.2, 0.25) is 0 Å². The number of rotatable bonds is 5. The summed E-state index contributed by atoms with van der Waals surface area (Å²) in [6, 6.07) is 4.35. The van der Waals surface area contributed by atoms with Crippen LogP contribution in [0.3, 0.4) is 0 Å². The first-order valence-corrected chi connectivity index (χ1v) is 9.45. The van der Waals surface area contributed by atoms with Gasteiger partial charge in [-0.05, 0) is 31.0 Å². The fourth-order valence-corrected chi connectivity index (χ4v) is 3.78. The molecule has 3 heterocycles. The standard InChI is InChI=1S/C19H22N4O5/c24-16-4-3-15(17(25)22-16)23-18(26)13-2-1-11(9-14(13)19(23)27)20-6-5-12-10-28-8-7-21-12/h1-2,9,12,15,20-21H,3-8,10H2,(H,22,24,25). The molecule has 1 aromatic carbocycles. The number of benzene rings is 1. The van der Waals surface area contributed by atoms with E-state index in [4.69, 9.17) is 4.74 Å². The minimum absolute atomic E-state index is 0.107. The first-order valence-electron chi connectivity index (χ1n) is 9.45. The lowest BCUT2D eigenvalue weighted by Crippen LogP contribution is -2.54. The molecule has 2 atom stereocenters. The van der Waals surface area contributed by atoms with E-state index in [1.165, 1.54) is 0 Å². The van der Waals surface area contributed by atoms with Crippen LogP contribution in [0.25, 0.3) is 0 Å². The van der Waals surface area contributed by atoms with Gasteiger partial charge in [0, 0.05) is 31.2 Å². The zero-order valence-electron chi connectivity index (χ0n) is 15.3. The van der Waals surface area contributed by atoms with Crippen molar-refractivity contribution in [2.75, 3.05) is 31.6 Å². The second kappa shape index (κ2) is 7.69. The van der Waals surface area contributed by atoms with Crippen LogP contribution in [0.1, 0.15) is 40.0 Å². The van der Waals surface area contributed by atoms with Gasteiger partial charge in [-0.3, -0.25) is 29.4 Å². The van der Waals surface area contributed by atoms with Gasteiger partial charge in [-0.25, -0.2) is 0 Å². The molecule has 3 aliphatic heterocycles. The number of nitrogens with zero attached hydrogens (tertiary/aromatic N) is 1. The van der Waals surface area contributed by atoms with E-state index in [1.807, 2.05) is 0 Å². The van der Waals surface area contributed by atoms with Crippen molar-refractivity contribution in [3.8, 4) is 0 Å². The monoisotopic (exact) mass is 386 g/mol. The van der Waals surface area contributed by atoms with Crippen LogP contribution in [0.4, 0.5) is 5.69 Å². The van der Waals surface area contributed by atoms with E-state index in [-0.39, 0.29) is 29.9 Å². The topological polar surface area (TPSA) is 117 Å². The van der Waals surface area contributed by atoms with Gasteiger partial charge in [-0.2, -0.15) is 0 Å². The number of piperidine rings is 1. The van der Waals surface area contributed by atoms with Crippen LogP contribution in [0, 0.1) is 0 Å². The minimum atomic E-state index is -0.945. The van der Waals surface area contributed by atoms with Crippen molar-refractivity contribution in [1.82, 2.24) is 15.5 Å². The fraction of sp³-hybridized carbons (Fsp3) is 0.474. The summed E-state index contributed by atoms with van der Waals surface area (Å²) in [6.07, 6.45) is 1.12. The fourth-order valence-electron chi connectivity index (χ4n) is 3.78. The highest BCUT2D eigenvalue weighted by atomic mass is 16.5. The molecule has 3 N–H and O–H groups in total. The summed E-state index contributed by atoms with van der Waals surface area (Å²) < 4.78 is 5.42. The second-order valence-corrected chi connectivity index (χ2v) is 7.15. The number of imide groups is 2. The molecule has 2 fully saturated rings. The van der Waals surface area contributed by atoms with Crippen LogP contribution >= 0.6 is 0 Å².